The third-order valence-electron chi connectivity index (χ3n) is 5.12. The highest BCUT2D eigenvalue weighted by molar-refractivity contribution is 7.98. The number of nitrogens with one attached hydrogen (secondary N) is 1. The van der Waals surface area contributed by atoms with Gasteiger partial charge in [0.25, 0.3) is 0 Å². The molecule has 0 spiro atoms. The van der Waals surface area contributed by atoms with Gasteiger partial charge in [-0.05, 0) is 56.0 Å². The van der Waals surface area contributed by atoms with E-state index in [1.165, 1.54) is 63.5 Å². The summed E-state index contributed by atoms with van der Waals surface area (Å²) in [5.74, 6) is 1.27. The average molecular weight is 370 g/mol. The highest BCUT2D eigenvalue weighted by Gasteiger charge is 2.30. The van der Waals surface area contributed by atoms with Gasteiger partial charge in [0.2, 0.25) is 0 Å². The standard InChI is InChI=1S/C17H34NPS.3H2O/c1-20-15-13-18-12-14-19(16-8-4-2-5-9-16)17-10-6-3-7-11-17;;;/h16-18H,2-15H2,1H3;3*1H2. The molecule has 4 nitrogen and oxygen atoms in total. The Labute approximate surface area is 148 Å². The number of hydrogen-bond donors (Lipinski definition) is 1. The smallest absolute Gasteiger partial charge is 0.00553 e. The molecule has 2 aliphatic rings. The van der Waals surface area contributed by atoms with Crippen molar-refractivity contribution in [3.05, 3.63) is 0 Å². The third kappa shape index (κ3) is 9.62. The molecule has 2 saturated carbocycles. The van der Waals surface area contributed by atoms with Crippen LogP contribution in [0.4, 0.5) is 0 Å². The second-order valence-corrected chi connectivity index (χ2v) is 10.5. The average Bonchev–Trinajstić information content (AvgIpc) is 2.53. The first-order valence-electron chi connectivity index (χ1n) is 8.87. The van der Waals surface area contributed by atoms with Crippen molar-refractivity contribution in [3.63, 3.8) is 0 Å². The molecule has 0 aromatic rings. The van der Waals surface area contributed by atoms with Gasteiger partial charge in [-0.3, -0.25) is 0 Å². The lowest BCUT2D eigenvalue weighted by molar-refractivity contribution is 0.483. The molecule has 0 atom stereocenters. The molecule has 0 radical (unpaired) electrons. The van der Waals surface area contributed by atoms with E-state index in [-0.39, 0.29) is 16.4 Å². The molecule has 6 heteroatoms. The van der Waals surface area contributed by atoms with Gasteiger partial charge in [-0.15, -0.1) is 0 Å². The van der Waals surface area contributed by atoms with E-state index >= 15 is 0 Å². The third-order valence-corrected chi connectivity index (χ3v) is 9.38. The minimum atomic E-state index is 0. The van der Waals surface area contributed by atoms with Crippen LogP contribution in [0.15, 0.2) is 0 Å². The molecule has 2 rings (SSSR count). The maximum absolute atomic E-state index is 3.69. The Morgan fingerprint density at radius 1 is 0.783 bits per heavy atom. The summed E-state index contributed by atoms with van der Waals surface area (Å²) >= 11 is 1.96. The van der Waals surface area contributed by atoms with Crippen LogP contribution in [0.5, 0.6) is 0 Å². The Balaban J connectivity index is 0. The monoisotopic (exact) mass is 369 g/mol. The molecule has 0 amide bonds. The maximum Gasteiger partial charge on any atom is 0.00553 e. The lowest BCUT2D eigenvalue weighted by atomic mass is 9.99. The number of thioether (sulfide) groups is 1. The lowest BCUT2D eigenvalue weighted by Crippen LogP contribution is -2.27. The highest BCUT2D eigenvalue weighted by Crippen LogP contribution is 2.55. The fourth-order valence-electron chi connectivity index (χ4n) is 4.00. The molecule has 0 heterocycles. The second-order valence-electron chi connectivity index (χ2n) is 6.56. The molecule has 0 aromatic heterocycles. The molecular weight excluding hydrogens is 329 g/mol. The van der Waals surface area contributed by atoms with Crippen molar-refractivity contribution in [1.29, 1.82) is 0 Å². The maximum atomic E-state index is 3.69. The molecule has 23 heavy (non-hydrogen) atoms. The van der Waals surface area contributed by atoms with Gasteiger partial charge in [-0.1, -0.05) is 46.4 Å². The fraction of sp³-hybridized carbons (Fsp3) is 1.00. The largest absolute Gasteiger partial charge is 0.412 e. The highest BCUT2D eigenvalue weighted by atomic mass is 32.2. The van der Waals surface area contributed by atoms with E-state index in [0.717, 1.165) is 11.3 Å². The van der Waals surface area contributed by atoms with E-state index in [1.54, 1.807) is 25.7 Å². The van der Waals surface area contributed by atoms with E-state index in [9.17, 15) is 0 Å². The zero-order chi connectivity index (χ0) is 14.0. The quantitative estimate of drug-likeness (QED) is 0.524. The first-order chi connectivity index (χ1) is 9.92. The van der Waals surface area contributed by atoms with Gasteiger partial charge >= 0.3 is 0 Å². The van der Waals surface area contributed by atoms with Crippen LogP contribution in [0.1, 0.15) is 64.2 Å². The summed E-state index contributed by atoms with van der Waals surface area (Å²) < 4.78 is 0. The van der Waals surface area contributed by atoms with Crippen molar-refractivity contribution in [3.8, 4) is 0 Å². The Kier molecular flexibility index (Phi) is 18.1. The van der Waals surface area contributed by atoms with Crippen LogP contribution in [-0.2, 0) is 0 Å². The van der Waals surface area contributed by atoms with E-state index in [2.05, 4.69) is 11.6 Å². The molecule has 2 fully saturated rings. The molecule has 2 aliphatic carbocycles. The minimum absolute atomic E-state index is 0. The van der Waals surface area contributed by atoms with Gasteiger partial charge < -0.3 is 21.7 Å². The van der Waals surface area contributed by atoms with Gasteiger partial charge in [0.15, 0.2) is 0 Å². The SMILES string of the molecule is CSCCNCCP(C1CCCCC1)C1CCCCC1.O.O.O. The van der Waals surface area contributed by atoms with Crippen molar-refractivity contribution < 1.29 is 16.4 Å². The fourth-order valence-corrected chi connectivity index (χ4v) is 8.14. The Morgan fingerprint density at radius 3 is 1.70 bits per heavy atom. The van der Waals surface area contributed by atoms with Gasteiger partial charge in [0.05, 0.1) is 0 Å². The van der Waals surface area contributed by atoms with Crippen molar-refractivity contribution >= 4 is 19.7 Å². The first-order valence-corrected chi connectivity index (χ1v) is 11.9. The minimum Gasteiger partial charge on any atom is -0.412 e. The molecule has 0 saturated heterocycles. The van der Waals surface area contributed by atoms with Crippen LogP contribution in [0.3, 0.4) is 0 Å². The normalized spacial score (nSPS) is 19.6. The van der Waals surface area contributed by atoms with Gasteiger partial charge in [0.1, 0.15) is 0 Å². The summed E-state index contributed by atoms with van der Waals surface area (Å²) in [5, 5.41) is 3.69. The van der Waals surface area contributed by atoms with Crippen LogP contribution >= 0.6 is 19.7 Å². The van der Waals surface area contributed by atoms with Crippen molar-refractivity contribution in [2.24, 2.45) is 0 Å². The summed E-state index contributed by atoms with van der Waals surface area (Å²) in [6.07, 6.45) is 19.1. The molecule has 0 aromatic carbocycles. The van der Waals surface area contributed by atoms with Crippen LogP contribution < -0.4 is 5.32 Å². The summed E-state index contributed by atoms with van der Waals surface area (Å²) in [4.78, 5) is 0. The van der Waals surface area contributed by atoms with Crippen LogP contribution in [-0.4, -0.2) is 59.0 Å². The zero-order valence-electron chi connectivity index (χ0n) is 14.9. The van der Waals surface area contributed by atoms with Crippen molar-refractivity contribution in [1.82, 2.24) is 5.32 Å². The molecule has 0 unspecified atom stereocenters. The summed E-state index contributed by atoms with van der Waals surface area (Å²) in [7, 11) is 0.313. The number of hydrogen-bond acceptors (Lipinski definition) is 2. The van der Waals surface area contributed by atoms with Crippen molar-refractivity contribution in [2.45, 2.75) is 75.5 Å². The summed E-state index contributed by atoms with van der Waals surface area (Å²) in [5.41, 5.74) is 2.26. The van der Waals surface area contributed by atoms with E-state index < -0.39 is 0 Å². The van der Waals surface area contributed by atoms with Crippen molar-refractivity contribution in [2.75, 3.05) is 31.3 Å². The van der Waals surface area contributed by atoms with E-state index in [1.807, 2.05) is 11.8 Å². The molecule has 142 valence electrons. The zero-order valence-corrected chi connectivity index (χ0v) is 16.6. The predicted octanol–water partition coefficient (Wildman–Crippen LogP) is 2.61. The topological polar surface area (TPSA) is 107 Å². The van der Waals surface area contributed by atoms with Gasteiger partial charge in [-0.2, -0.15) is 11.8 Å². The van der Waals surface area contributed by atoms with Gasteiger partial charge in [-0.25, -0.2) is 0 Å². The Bertz CT molecular complexity index is 232. The molecule has 7 N–H and O–H groups in total. The molecular formula is C17H40NO3PS. The summed E-state index contributed by atoms with van der Waals surface area (Å²) in [6.45, 7) is 2.50. The first kappa shape index (κ1) is 25.9. The Hall–Kier alpha value is 0.620. The second kappa shape index (κ2) is 16.1. The molecule has 0 aliphatic heterocycles. The summed E-state index contributed by atoms with van der Waals surface area (Å²) in [6, 6.07) is 0. The van der Waals surface area contributed by atoms with E-state index in [0.29, 0.717) is 7.92 Å². The number of rotatable bonds is 8. The van der Waals surface area contributed by atoms with E-state index in [4.69, 9.17) is 0 Å². The van der Waals surface area contributed by atoms with Crippen LogP contribution in [0.2, 0.25) is 0 Å². The van der Waals surface area contributed by atoms with Gasteiger partial charge in [0, 0.05) is 12.3 Å². The van der Waals surface area contributed by atoms with Crippen LogP contribution in [0, 0.1) is 0 Å². The van der Waals surface area contributed by atoms with Crippen LogP contribution in [0.25, 0.3) is 0 Å². The predicted molar refractivity (Wildman–Crippen MR) is 108 cm³/mol. The molecule has 0 bridgehead atoms. The Morgan fingerprint density at radius 2 is 1.26 bits per heavy atom. The lowest BCUT2D eigenvalue weighted by Gasteiger charge is -2.38.